The molecule has 136 valence electrons. The lowest BCUT2D eigenvalue weighted by Crippen LogP contribution is -2.66. The lowest BCUT2D eigenvalue weighted by molar-refractivity contribution is -0.272. The lowest BCUT2D eigenvalue weighted by Gasteiger charge is -2.54. The Bertz CT molecular complexity index is 547. The van der Waals surface area contributed by atoms with Gasteiger partial charge in [0, 0.05) is 24.5 Å². The van der Waals surface area contributed by atoms with E-state index in [2.05, 4.69) is 50.5 Å². The molecule has 4 nitrogen and oxygen atoms in total. The summed E-state index contributed by atoms with van der Waals surface area (Å²) in [6.45, 7) is 12.5. The Hall–Kier alpha value is -0.203. The van der Waals surface area contributed by atoms with Crippen molar-refractivity contribution in [3.63, 3.8) is 0 Å². The van der Waals surface area contributed by atoms with Gasteiger partial charge in [-0.1, -0.05) is 26.0 Å². The maximum absolute atomic E-state index is 9.93. The van der Waals surface area contributed by atoms with Crippen LogP contribution >= 0.6 is 0 Å². The van der Waals surface area contributed by atoms with Gasteiger partial charge in [-0.15, -0.1) is 0 Å². The van der Waals surface area contributed by atoms with E-state index in [0.717, 1.165) is 25.8 Å². The fraction of sp³-hybridized carbons (Fsp3) is 0.895. The number of rotatable bonds is 6. The molecule has 0 aromatic carbocycles. The minimum Gasteiger partial charge on any atom is -0.396 e. The summed E-state index contributed by atoms with van der Waals surface area (Å²) < 4.78 is 13.7. The van der Waals surface area contributed by atoms with Crippen molar-refractivity contribution in [1.29, 1.82) is 0 Å². The molecule has 1 N–H and O–H groups in total. The van der Waals surface area contributed by atoms with E-state index < -0.39 is 14.1 Å². The van der Waals surface area contributed by atoms with Gasteiger partial charge in [-0.3, -0.25) is 4.90 Å². The minimum absolute atomic E-state index is 0.0476. The van der Waals surface area contributed by atoms with Crippen molar-refractivity contribution in [3.05, 3.63) is 12.2 Å². The third-order valence-electron chi connectivity index (χ3n) is 6.76. The van der Waals surface area contributed by atoms with Gasteiger partial charge >= 0.3 is 0 Å². The summed E-state index contributed by atoms with van der Waals surface area (Å²) in [4.78, 5) is 2.71. The van der Waals surface area contributed by atoms with E-state index in [9.17, 15) is 5.11 Å². The Balaban J connectivity index is 1.82. The van der Waals surface area contributed by atoms with Crippen LogP contribution in [-0.4, -0.2) is 54.9 Å². The van der Waals surface area contributed by atoms with Gasteiger partial charge in [-0.2, -0.15) is 0 Å². The number of piperidine rings is 1. The van der Waals surface area contributed by atoms with Gasteiger partial charge in [0.2, 0.25) is 0 Å². The lowest BCUT2D eigenvalue weighted by atomic mass is 9.69. The molecule has 5 fully saturated rings. The SMILES string of the molecule is CCC=CC12C3CC4C(C(C)CO)C(O[Si](C)(C)C)(O3)C1CCN42. The summed E-state index contributed by atoms with van der Waals surface area (Å²) >= 11 is 0. The molecule has 5 heteroatoms. The van der Waals surface area contributed by atoms with Crippen LogP contribution in [0.5, 0.6) is 0 Å². The van der Waals surface area contributed by atoms with Gasteiger partial charge < -0.3 is 14.3 Å². The maximum Gasteiger partial charge on any atom is 0.187 e. The largest absolute Gasteiger partial charge is 0.396 e. The average Bonchev–Trinajstić information content (AvgIpc) is 3.03. The van der Waals surface area contributed by atoms with Crippen molar-refractivity contribution < 1.29 is 14.3 Å². The highest BCUT2D eigenvalue weighted by Crippen LogP contribution is 2.69. The molecular formula is C19H33NO3Si. The van der Waals surface area contributed by atoms with Gasteiger partial charge in [-0.05, 0) is 51.4 Å². The molecule has 24 heavy (non-hydrogen) atoms. The first-order valence-electron chi connectivity index (χ1n) is 9.73. The third kappa shape index (κ3) is 1.99. The molecule has 0 aromatic heterocycles. The quantitative estimate of drug-likeness (QED) is 0.590. The van der Waals surface area contributed by atoms with Gasteiger partial charge in [-0.25, -0.2) is 0 Å². The zero-order valence-corrected chi connectivity index (χ0v) is 16.8. The fourth-order valence-electron chi connectivity index (χ4n) is 6.34. The Morgan fingerprint density at radius 2 is 2.17 bits per heavy atom. The fourth-order valence-corrected chi connectivity index (χ4v) is 7.62. The number of ether oxygens (including phenoxy) is 1. The molecule has 5 rings (SSSR count). The Morgan fingerprint density at radius 1 is 1.42 bits per heavy atom. The van der Waals surface area contributed by atoms with E-state index in [1.807, 2.05) is 0 Å². The Morgan fingerprint density at radius 3 is 2.79 bits per heavy atom. The van der Waals surface area contributed by atoms with Crippen molar-refractivity contribution in [2.24, 2.45) is 17.8 Å². The van der Waals surface area contributed by atoms with Crippen molar-refractivity contribution in [2.75, 3.05) is 13.2 Å². The highest BCUT2D eigenvalue weighted by atomic mass is 28.4. The summed E-state index contributed by atoms with van der Waals surface area (Å²) in [6.07, 6.45) is 8.35. The van der Waals surface area contributed by atoms with Crippen molar-refractivity contribution in [1.82, 2.24) is 4.90 Å². The Labute approximate surface area is 147 Å². The van der Waals surface area contributed by atoms with Gasteiger partial charge in [0.25, 0.3) is 0 Å². The first kappa shape index (κ1) is 17.2. The first-order valence-corrected chi connectivity index (χ1v) is 13.1. The van der Waals surface area contributed by atoms with Gasteiger partial charge in [0.05, 0.1) is 11.6 Å². The summed E-state index contributed by atoms with van der Waals surface area (Å²) in [5, 5.41) is 9.93. The van der Waals surface area contributed by atoms with E-state index in [-0.39, 0.29) is 30.1 Å². The van der Waals surface area contributed by atoms with E-state index in [0.29, 0.717) is 12.0 Å². The summed E-state index contributed by atoms with van der Waals surface area (Å²) in [7, 11) is -1.77. The number of aliphatic hydroxyl groups is 1. The van der Waals surface area contributed by atoms with E-state index in [4.69, 9.17) is 9.16 Å². The van der Waals surface area contributed by atoms with Crippen LogP contribution in [0.15, 0.2) is 12.2 Å². The minimum atomic E-state index is -1.77. The second kappa shape index (κ2) is 5.40. The standard InChI is InChI=1S/C19H33NO3Si/c1-6-7-9-18-15-8-10-20(18)14-11-16(18)22-19(15,23-24(3,4)5)17(14)13(2)12-21/h7,9,13-17,21H,6,8,10-12H2,1-5H3. The molecule has 0 spiro atoms. The third-order valence-corrected chi connectivity index (χ3v) is 7.70. The molecule has 0 aliphatic carbocycles. The second-order valence-corrected chi connectivity index (χ2v) is 13.7. The smallest absolute Gasteiger partial charge is 0.187 e. The average molecular weight is 352 g/mol. The molecule has 6 bridgehead atoms. The van der Waals surface area contributed by atoms with Crippen molar-refractivity contribution >= 4 is 8.32 Å². The molecule has 5 aliphatic rings. The maximum atomic E-state index is 9.93. The number of nitrogens with zero attached hydrogens (tertiary/aromatic N) is 1. The molecule has 5 aliphatic heterocycles. The molecule has 0 radical (unpaired) electrons. The van der Waals surface area contributed by atoms with Crippen LogP contribution in [0.1, 0.15) is 33.1 Å². The topological polar surface area (TPSA) is 41.9 Å². The number of allylic oxidation sites excluding steroid dienone is 1. The summed E-state index contributed by atoms with van der Waals surface area (Å²) in [5.74, 6) is 0.415. The van der Waals surface area contributed by atoms with Crippen LogP contribution in [-0.2, 0) is 9.16 Å². The van der Waals surface area contributed by atoms with E-state index in [1.165, 1.54) is 0 Å². The van der Waals surface area contributed by atoms with Crippen LogP contribution < -0.4 is 0 Å². The van der Waals surface area contributed by atoms with Crippen LogP contribution in [0.3, 0.4) is 0 Å². The molecule has 0 saturated carbocycles. The molecule has 0 aromatic rings. The number of hydrogen-bond acceptors (Lipinski definition) is 4. The van der Waals surface area contributed by atoms with E-state index in [1.54, 1.807) is 0 Å². The first-order chi connectivity index (χ1) is 11.3. The predicted molar refractivity (Wildman–Crippen MR) is 97.2 cm³/mol. The summed E-state index contributed by atoms with van der Waals surface area (Å²) in [5.41, 5.74) is 0.0476. The molecule has 8 unspecified atom stereocenters. The zero-order chi connectivity index (χ0) is 17.3. The molecule has 8 atom stereocenters. The van der Waals surface area contributed by atoms with Crippen molar-refractivity contribution in [3.8, 4) is 0 Å². The van der Waals surface area contributed by atoms with Crippen molar-refractivity contribution in [2.45, 2.75) is 76.2 Å². The van der Waals surface area contributed by atoms with Crippen LogP contribution in [0, 0.1) is 17.8 Å². The van der Waals surface area contributed by atoms with Crippen LogP contribution in [0.4, 0.5) is 0 Å². The van der Waals surface area contributed by atoms with Gasteiger partial charge in [0.15, 0.2) is 14.1 Å². The molecule has 0 amide bonds. The van der Waals surface area contributed by atoms with Crippen LogP contribution in [0.2, 0.25) is 19.6 Å². The highest BCUT2D eigenvalue weighted by Gasteiger charge is 2.80. The summed E-state index contributed by atoms with van der Waals surface area (Å²) in [6, 6.07) is 0.488. The Kier molecular flexibility index (Phi) is 3.87. The number of aliphatic hydroxyl groups excluding tert-OH is 1. The molecule has 5 saturated heterocycles. The van der Waals surface area contributed by atoms with Gasteiger partial charge in [0.1, 0.15) is 0 Å². The zero-order valence-electron chi connectivity index (χ0n) is 15.8. The van der Waals surface area contributed by atoms with E-state index >= 15 is 0 Å². The normalized spacial score (nSPS) is 50.3. The molecule has 5 heterocycles. The monoisotopic (exact) mass is 351 g/mol. The predicted octanol–water partition coefficient (Wildman–Crippen LogP) is 2.99. The van der Waals surface area contributed by atoms with Crippen LogP contribution in [0.25, 0.3) is 0 Å². The number of hydrogen-bond donors (Lipinski definition) is 1. The molecular weight excluding hydrogens is 318 g/mol. The second-order valence-electron chi connectivity index (χ2n) is 9.26. The highest BCUT2D eigenvalue weighted by molar-refractivity contribution is 6.69.